The lowest BCUT2D eigenvalue weighted by atomic mass is 10.0. The van der Waals surface area contributed by atoms with Gasteiger partial charge in [-0.3, -0.25) is 9.69 Å². The fourth-order valence-electron chi connectivity index (χ4n) is 5.32. The minimum absolute atomic E-state index is 0.00795. The van der Waals surface area contributed by atoms with E-state index >= 15 is 0 Å². The van der Waals surface area contributed by atoms with Crippen LogP contribution in [0.2, 0.25) is 0 Å². The van der Waals surface area contributed by atoms with Crippen molar-refractivity contribution in [3.63, 3.8) is 0 Å². The van der Waals surface area contributed by atoms with Gasteiger partial charge in [0.15, 0.2) is 29.3 Å². The van der Waals surface area contributed by atoms with Gasteiger partial charge < -0.3 is 9.47 Å². The van der Waals surface area contributed by atoms with Gasteiger partial charge >= 0.3 is 0 Å². The van der Waals surface area contributed by atoms with Gasteiger partial charge in [0.2, 0.25) is 0 Å². The van der Waals surface area contributed by atoms with E-state index < -0.39 is 6.17 Å². The Morgan fingerprint density at radius 2 is 1.60 bits per heavy atom. The molecule has 0 saturated heterocycles. The van der Waals surface area contributed by atoms with Crippen molar-refractivity contribution in [1.82, 2.24) is 0 Å². The van der Waals surface area contributed by atoms with Crippen LogP contribution in [0.5, 0.6) is 11.5 Å². The van der Waals surface area contributed by atoms with Crippen molar-refractivity contribution in [2.75, 3.05) is 17.0 Å². The van der Waals surface area contributed by atoms with Crippen molar-refractivity contribution >= 4 is 33.8 Å². The van der Waals surface area contributed by atoms with Gasteiger partial charge in [0.05, 0.1) is 18.5 Å². The van der Waals surface area contributed by atoms with Crippen molar-refractivity contribution in [3.05, 3.63) is 132 Å². The first-order valence-corrected chi connectivity index (χ1v) is 13.7. The molecule has 1 aliphatic heterocycles. The van der Waals surface area contributed by atoms with E-state index in [0.717, 1.165) is 27.7 Å². The third-order valence-electron chi connectivity index (χ3n) is 7.38. The summed E-state index contributed by atoms with van der Waals surface area (Å²) >= 11 is 0. The summed E-state index contributed by atoms with van der Waals surface area (Å²) in [6.45, 7) is 3.54. The molecule has 0 bridgehead atoms. The molecule has 7 heteroatoms. The van der Waals surface area contributed by atoms with E-state index in [1.165, 1.54) is 13.0 Å². The molecule has 0 N–H and O–H groups in total. The van der Waals surface area contributed by atoms with Gasteiger partial charge in [-0.25, -0.2) is 9.40 Å². The highest BCUT2D eigenvalue weighted by Gasteiger charge is 2.41. The Bertz CT molecular complexity index is 1800. The molecule has 0 fully saturated rings. The summed E-state index contributed by atoms with van der Waals surface area (Å²) in [4.78, 5) is 15.2. The number of carbonyl (C=O) groups is 1. The molecule has 210 valence electrons. The Balaban J connectivity index is 1.57. The molecule has 6 rings (SSSR count). The van der Waals surface area contributed by atoms with Crippen LogP contribution < -0.4 is 19.4 Å². The first-order chi connectivity index (χ1) is 20.5. The van der Waals surface area contributed by atoms with Gasteiger partial charge in [0.25, 0.3) is 0 Å². The van der Waals surface area contributed by atoms with Crippen LogP contribution in [-0.2, 0) is 11.4 Å². The number of hydrazone groups is 1. The smallest absolute Gasteiger partial charge is 0.198 e. The molecule has 0 amide bonds. The van der Waals surface area contributed by atoms with Crippen molar-refractivity contribution in [2.24, 2.45) is 5.10 Å². The minimum Gasteiger partial charge on any atom is -0.493 e. The standard InChI is InChI=1S/C35H30FN3O3/c1-23-18-20-27(21-19-23)39-35(29-14-9-17-32(41-3)33(29)42-22-26-11-5-7-15-30(26)36)38(34(37-39)24(2)40)31-16-8-12-25-10-4-6-13-28(25)31/h4-21,35H,22H2,1-3H3. The summed E-state index contributed by atoms with van der Waals surface area (Å²) in [7, 11) is 1.57. The topological polar surface area (TPSA) is 54.4 Å². The molecule has 0 aliphatic carbocycles. The first-order valence-electron chi connectivity index (χ1n) is 13.7. The number of para-hydroxylation sites is 1. The van der Waals surface area contributed by atoms with Gasteiger partial charge in [-0.05, 0) is 42.6 Å². The highest BCUT2D eigenvalue weighted by atomic mass is 19.1. The molecule has 42 heavy (non-hydrogen) atoms. The molecule has 0 saturated carbocycles. The molecular weight excluding hydrogens is 529 g/mol. The van der Waals surface area contributed by atoms with E-state index in [1.54, 1.807) is 31.4 Å². The summed E-state index contributed by atoms with van der Waals surface area (Å²) in [5.74, 6) is 0.687. The number of hydrogen-bond donors (Lipinski definition) is 0. The number of hydrogen-bond acceptors (Lipinski definition) is 6. The zero-order valence-electron chi connectivity index (χ0n) is 23.6. The Morgan fingerprint density at radius 3 is 2.36 bits per heavy atom. The molecule has 0 spiro atoms. The molecule has 6 nitrogen and oxygen atoms in total. The minimum atomic E-state index is -0.622. The molecule has 1 atom stereocenters. The summed E-state index contributed by atoms with van der Waals surface area (Å²) < 4.78 is 26.7. The number of aryl methyl sites for hydroxylation is 1. The molecule has 5 aromatic rings. The second kappa shape index (κ2) is 11.4. The van der Waals surface area contributed by atoms with E-state index in [9.17, 15) is 9.18 Å². The Labute approximate surface area is 244 Å². The average Bonchev–Trinajstić information content (AvgIpc) is 3.41. The third-order valence-corrected chi connectivity index (χ3v) is 7.38. The number of benzene rings is 5. The number of carbonyl (C=O) groups excluding carboxylic acids is 1. The highest BCUT2D eigenvalue weighted by molar-refractivity contribution is 6.44. The normalized spacial score (nSPS) is 14.7. The van der Waals surface area contributed by atoms with E-state index in [1.807, 2.05) is 95.7 Å². The number of ketones is 1. The SMILES string of the molecule is COc1cccc(C2N(c3ccc(C)cc3)N=C(C(C)=O)N2c2cccc3ccccc23)c1OCc1ccccc1F. The largest absolute Gasteiger partial charge is 0.493 e. The maximum Gasteiger partial charge on any atom is 0.198 e. The Hall–Kier alpha value is -5.17. The van der Waals surface area contributed by atoms with Crippen LogP contribution in [0.25, 0.3) is 10.8 Å². The number of rotatable bonds is 8. The maximum atomic E-state index is 14.6. The van der Waals surface area contributed by atoms with E-state index in [2.05, 4.69) is 0 Å². The number of Topliss-reactive ketones (excluding diaryl/α,β-unsaturated/α-hetero) is 1. The fraction of sp³-hybridized carbons (Fsp3) is 0.143. The van der Waals surface area contributed by atoms with Gasteiger partial charge in [-0.15, -0.1) is 5.10 Å². The lowest BCUT2D eigenvalue weighted by Crippen LogP contribution is -2.38. The fourth-order valence-corrected chi connectivity index (χ4v) is 5.32. The van der Waals surface area contributed by atoms with E-state index in [-0.39, 0.29) is 18.2 Å². The van der Waals surface area contributed by atoms with Crippen molar-refractivity contribution in [2.45, 2.75) is 26.6 Å². The van der Waals surface area contributed by atoms with Gasteiger partial charge in [-0.1, -0.05) is 84.4 Å². The van der Waals surface area contributed by atoms with Crippen LogP contribution in [-0.4, -0.2) is 18.7 Å². The number of methoxy groups -OCH3 is 1. The van der Waals surface area contributed by atoms with Gasteiger partial charge in [0, 0.05) is 23.4 Å². The number of ether oxygens (including phenoxy) is 2. The van der Waals surface area contributed by atoms with Gasteiger partial charge in [-0.2, -0.15) is 0 Å². The van der Waals surface area contributed by atoms with Crippen LogP contribution in [0, 0.1) is 12.7 Å². The second-order valence-electron chi connectivity index (χ2n) is 10.2. The van der Waals surface area contributed by atoms with E-state index in [0.29, 0.717) is 28.5 Å². The quantitative estimate of drug-likeness (QED) is 0.194. The Kier molecular flexibility index (Phi) is 7.32. The van der Waals surface area contributed by atoms with Crippen LogP contribution in [0.1, 0.15) is 29.8 Å². The summed E-state index contributed by atoms with van der Waals surface area (Å²) in [6, 6.07) is 34.2. The molecule has 1 aliphatic rings. The molecule has 0 aromatic heterocycles. The van der Waals surface area contributed by atoms with E-state index in [4.69, 9.17) is 14.6 Å². The van der Waals surface area contributed by atoms with Crippen LogP contribution in [0.3, 0.4) is 0 Å². The molecular formula is C35H30FN3O3. The Morgan fingerprint density at radius 1 is 0.881 bits per heavy atom. The molecule has 0 radical (unpaired) electrons. The lowest BCUT2D eigenvalue weighted by molar-refractivity contribution is -0.111. The van der Waals surface area contributed by atoms with Crippen LogP contribution in [0.15, 0.2) is 114 Å². The van der Waals surface area contributed by atoms with Crippen LogP contribution >= 0.6 is 0 Å². The highest BCUT2D eigenvalue weighted by Crippen LogP contribution is 2.46. The summed E-state index contributed by atoms with van der Waals surface area (Å²) in [5.41, 5.74) is 3.85. The summed E-state index contributed by atoms with van der Waals surface area (Å²) in [6.07, 6.45) is -0.622. The number of fused-ring (bicyclic) bond motifs is 1. The number of anilines is 2. The first kappa shape index (κ1) is 27.0. The zero-order chi connectivity index (χ0) is 29.2. The van der Waals surface area contributed by atoms with Crippen LogP contribution in [0.4, 0.5) is 15.8 Å². The predicted molar refractivity (Wildman–Crippen MR) is 165 cm³/mol. The maximum absolute atomic E-state index is 14.6. The number of amidine groups is 1. The number of halogens is 1. The summed E-state index contributed by atoms with van der Waals surface area (Å²) in [5, 5.41) is 8.75. The molecule has 1 heterocycles. The predicted octanol–water partition coefficient (Wildman–Crippen LogP) is 7.80. The monoisotopic (exact) mass is 559 g/mol. The van der Waals surface area contributed by atoms with Gasteiger partial charge in [0.1, 0.15) is 12.4 Å². The third kappa shape index (κ3) is 4.94. The average molecular weight is 560 g/mol. The van der Waals surface area contributed by atoms with Crippen molar-refractivity contribution < 1.29 is 18.7 Å². The van der Waals surface area contributed by atoms with Crippen molar-refractivity contribution in [1.29, 1.82) is 0 Å². The molecule has 1 unspecified atom stereocenters. The molecule has 5 aromatic carbocycles. The number of nitrogens with zero attached hydrogens (tertiary/aromatic N) is 3. The van der Waals surface area contributed by atoms with Crippen molar-refractivity contribution in [3.8, 4) is 11.5 Å². The second-order valence-corrected chi connectivity index (χ2v) is 10.2. The lowest BCUT2D eigenvalue weighted by Gasteiger charge is -2.34. The zero-order valence-corrected chi connectivity index (χ0v) is 23.6.